The van der Waals surface area contributed by atoms with Gasteiger partial charge in [-0.1, -0.05) is 29.8 Å². The van der Waals surface area contributed by atoms with Gasteiger partial charge in [-0.05, 0) is 44.2 Å². The third-order valence-electron chi connectivity index (χ3n) is 5.22. The largest absolute Gasteiger partial charge is 0.364 e. The van der Waals surface area contributed by atoms with Crippen molar-refractivity contribution in [1.29, 1.82) is 0 Å². The second kappa shape index (κ2) is 9.53. The minimum atomic E-state index is -0.671. The van der Waals surface area contributed by atoms with Crippen LogP contribution in [0.5, 0.6) is 0 Å². The number of primary amides is 1. The fourth-order valence-corrected chi connectivity index (χ4v) is 3.46. The number of halogens is 1. The second-order valence-electron chi connectivity index (χ2n) is 7.65. The van der Waals surface area contributed by atoms with Gasteiger partial charge in [-0.2, -0.15) is 5.10 Å². The number of hydrogen-bond acceptors (Lipinski definition) is 4. The van der Waals surface area contributed by atoms with Gasteiger partial charge < -0.3 is 16.4 Å². The number of hydrogen-bond donors (Lipinski definition) is 3. The molecule has 0 saturated heterocycles. The molecule has 8 nitrogen and oxygen atoms in total. The lowest BCUT2D eigenvalue weighted by molar-refractivity contribution is 0.0995. The van der Waals surface area contributed by atoms with E-state index in [1.54, 1.807) is 41.2 Å². The van der Waals surface area contributed by atoms with Crippen LogP contribution in [0.1, 0.15) is 23.0 Å². The standard InChI is InChI=1S/C25H23FN6O2/c1-3-32-14-19(23(31-32)16-11-12-28-21(13-16)24(27)33)18-5-4-6-20(22(18)26)30-25(34)29-17-9-7-15(2)8-10-17/h4-14H,3H2,1-2H3,(H2,27,33)(H2,29,30,34). The van der Waals surface area contributed by atoms with E-state index in [1.807, 2.05) is 26.0 Å². The Morgan fingerprint density at radius 3 is 2.53 bits per heavy atom. The van der Waals surface area contributed by atoms with Gasteiger partial charge in [0.05, 0.1) is 5.69 Å². The molecule has 3 amide bonds. The molecule has 4 N–H and O–H groups in total. The van der Waals surface area contributed by atoms with Gasteiger partial charge in [0, 0.05) is 41.3 Å². The first-order valence-corrected chi connectivity index (χ1v) is 10.6. The molecule has 9 heteroatoms. The molecular weight excluding hydrogens is 435 g/mol. The highest BCUT2D eigenvalue weighted by atomic mass is 19.1. The zero-order valence-electron chi connectivity index (χ0n) is 18.7. The second-order valence-corrected chi connectivity index (χ2v) is 7.65. The number of nitrogens with zero attached hydrogens (tertiary/aromatic N) is 3. The van der Waals surface area contributed by atoms with Crippen LogP contribution in [0.2, 0.25) is 0 Å². The minimum absolute atomic E-state index is 0.0184. The highest BCUT2D eigenvalue weighted by Gasteiger charge is 2.19. The van der Waals surface area contributed by atoms with Gasteiger partial charge in [0.25, 0.3) is 5.91 Å². The summed E-state index contributed by atoms with van der Waals surface area (Å²) < 4.78 is 17.2. The van der Waals surface area contributed by atoms with Crippen molar-refractivity contribution in [3.8, 4) is 22.4 Å². The Bertz CT molecular complexity index is 1360. The SMILES string of the molecule is CCn1cc(-c2cccc(NC(=O)Nc3ccc(C)cc3)c2F)c(-c2ccnc(C(N)=O)c2)n1. The third kappa shape index (κ3) is 4.78. The van der Waals surface area contributed by atoms with E-state index < -0.39 is 17.8 Å². The van der Waals surface area contributed by atoms with Crippen molar-refractivity contribution in [2.75, 3.05) is 10.6 Å². The maximum Gasteiger partial charge on any atom is 0.323 e. The lowest BCUT2D eigenvalue weighted by Crippen LogP contribution is -2.20. The van der Waals surface area contributed by atoms with Gasteiger partial charge in [-0.3, -0.25) is 14.5 Å². The van der Waals surface area contributed by atoms with Crippen LogP contribution in [0.3, 0.4) is 0 Å². The molecule has 0 fully saturated rings. The summed E-state index contributed by atoms with van der Waals surface area (Å²) in [5.74, 6) is -1.28. The molecule has 4 aromatic rings. The van der Waals surface area contributed by atoms with Crippen LogP contribution in [-0.4, -0.2) is 26.7 Å². The Morgan fingerprint density at radius 2 is 1.82 bits per heavy atom. The number of rotatable bonds is 6. The predicted octanol–water partition coefficient (Wildman–Crippen LogP) is 4.82. The van der Waals surface area contributed by atoms with Crippen LogP contribution in [0.15, 0.2) is 67.0 Å². The number of nitrogens with two attached hydrogens (primary N) is 1. The number of amides is 3. The van der Waals surface area contributed by atoms with E-state index in [1.165, 1.54) is 18.3 Å². The van der Waals surface area contributed by atoms with Crippen LogP contribution in [-0.2, 0) is 6.54 Å². The molecule has 0 radical (unpaired) electrons. The molecule has 2 aromatic heterocycles. The summed E-state index contributed by atoms with van der Waals surface area (Å²) >= 11 is 0. The van der Waals surface area contributed by atoms with Crippen molar-refractivity contribution in [2.45, 2.75) is 20.4 Å². The van der Waals surface area contributed by atoms with E-state index >= 15 is 4.39 Å². The van der Waals surface area contributed by atoms with Crippen molar-refractivity contribution in [3.05, 3.63) is 84.1 Å². The van der Waals surface area contributed by atoms with Gasteiger partial charge in [0.15, 0.2) is 5.82 Å². The first-order chi connectivity index (χ1) is 16.4. The molecule has 2 heterocycles. The average molecular weight is 458 g/mol. The van der Waals surface area contributed by atoms with Gasteiger partial charge in [0.2, 0.25) is 0 Å². The van der Waals surface area contributed by atoms with Crippen molar-refractivity contribution in [3.63, 3.8) is 0 Å². The monoisotopic (exact) mass is 458 g/mol. The fraction of sp³-hybridized carbons (Fsp3) is 0.120. The Balaban J connectivity index is 1.68. The molecule has 0 aliphatic heterocycles. The minimum Gasteiger partial charge on any atom is -0.364 e. The summed E-state index contributed by atoms with van der Waals surface area (Å²) in [7, 11) is 0. The van der Waals surface area contributed by atoms with Crippen molar-refractivity contribution in [1.82, 2.24) is 14.8 Å². The molecule has 0 aliphatic carbocycles. The molecule has 0 bridgehead atoms. The molecule has 0 saturated carbocycles. The topological polar surface area (TPSA) is 115 Å². The Labute approximate surface area is 195 Å². The number of anilines is 2. The average Bonchev–Trinajstić information content (AvgIpc) is 3.26. The Hall–Kier alpha value is -4.53. The van der Waals surface area contributed by atoms with Crippen LogP contribution in [0, 0.1) is 12.7 Å². The molecule has 0 unspecified atom stereocenters. The summed E-state index contributed by atoms with van der Waals surface area (Å²) in [5, 5.41) is 9.79. The third-order valence-corrected chi connectivity index (χ3v) is 5.22. The molecule has 0 aliphatic rings. The zero-order valence-corrected chi connectivity index (χ0v) is 18.7. The number of aromatic nitrogens is 3. The maximum atomic E-state index is 15.6. The van der Waals surface area contributed by atoms with Crippen LogP contribution >= 0.6 is 0 Å². The summed E-state index contributed by atoms with van der Waals surface area (Å²) in [6, 6.07) is 14.6. The van der Waals surface area contributed by atoms with Crippen LogP contribution in [0.4, 0.5) is 20.6 Å². The summed E-state index contributed by atoms with van der Waals surface area (Å²) in [5.41, 5.74) is 8.90. The first kappa shape index (κ1) is 22.7. The van der Waals surface area contributed by atoms with E-state index in [0.717, 1.165) is 5.56 Å². The van der Waals surface area contributed by atoms with E-state index in [9.17, 15) is 9.59 Å². The van der Waals surface area contributed by atoms with Crippen LogP contribution < -0.4 is 16.4 Å². The molecule has 0 spiro atoms. The van der Waals surface area contributed by atoms with E-state index in [2.05, 4.69) is 20.7 Å². The molecular formula is C25H23FN6O2. The van der Waals surface area contributed by atoms with Crippen molar-refractivity contribution < 1.29 is 14.0 Å². The number of benzene rings is 2. The summed E-state index contributed by atoms with van der Waals surface area (Å²) in [6.45, 7) is 4.41. The van der Waals surface area contributed by atoms with Gasteiger partial charge in [0.1, 0.15) is 11.4 Å². The normalized spacial score (nSPS) is 10.7. The highest BCUT2D eigenvalue weighted by Crippen LogP contribution is 2.35. The number of nitrogens with one attached hydrogen (secondary N) is 2. The quantitative estimate of drug-likeness (QED) is 0.384. The highest BCUT2D eigenvalue weighted by molar-refractivity contribution is 6.00. The molecule has 0 atom stereocenters. The smallest absolute Gasteiger partial charge is 0.323 e. The first-order valence-electron chi connectivity index (χ1n) is 10.6. The van der Waals surface area contributed by atoms with Crippen LogP contribution in [0.25, 0.3) is 22.4 Å². The molecule has 2 aromatic carbocycles. The van der Waals surface area contributed by atoms with Crippen molar-refractivity contribution in [2.24, 2.45) is 5.73 Å². The lowest BCUT2D eigenvalue weighted by Gasteiger charge is -2.11. The Morgan fingerprint density at radius 1 is 1.06 bits per heavy atom. The maximum absolute atomic E-state index is 15.6. The lowest BCUT2D eigenvalue weighted by atomic mass is 10.0. The van der Waals surface area contributed by atoms with Gasteiger partial charge in [-0.15, -0.1) is 0 Å². The van der Waals surface area contributed by atoms with E-state index in [-0.39, 0.29) is 16.9 Å². The number of carbonyl (C=O) groups excluding carboxylic acids is 2. The molecule has 34 heavy (non-hydrogen) atoms. The predicted molar refractivity (Wildman–Crippen MR) is 129 cm³/mol. The summed E-state index contributed by atoms with van der Waals surface area (Å²) in [4.78, 5) is 28.0. The van der Waals surface area contributed by atoms with Gasteiger partial charge >= 0.3 is 6.03 Å². The number of urea groups is 1. The number of pyridine rings is 1. The number of aryl methyl sites for hydroxylation is 2. The molecule has 172 valence electrons. The molecule has 4 rings (SSSR count). The zero-order chi connectivity index (χ0) is 24.2. The Kier molecular flexibility index (Phi) is 6.35. The summed E-state index contributed by atoms with van der Waals surface area (Å²) in [6.07, 6.45) is 3.17. The van der Waals surface area contributed by atoms with Crippen molar-refractivity contribution >= 4 is 23.3 Å². The van der Waals surface area contributed by atoms with E-state index in [0.29, 0.717) is 29.1 Å². The van der Waals surface area contributed by atoms with Gasteiger partial charge in [-0.25, -0.2) is 9.18 Å². The fourth-order valence-electron chi connectivity index (χ4n) is 3.46. The van der Waals surface area contributed by atoms with E-state index in [4.69, 9.17) is 5.73 Å². The number of carbonyl (C=O) groups is 2.